The molecule has 22 heavy (non-hydrogen) atoms. The number of aryl methyl sites for hydroxylation is 1. The monoisotopic (exact) mass is 305 g/mol. The van der Waals surface area contributed by atoms with Crippen LogP contribution in [0.3, 0.4) is 0 Å². The summed E-state index contributed by atoms with van der Waals surface area (Å²) in [4.78, 5) is 16.7. The smallest absolute Gasteiger partial charge is 0.236 e. The highest BCUT2D eigenvalue weighted by Gasteiger charge is 2.26. The highest BCUT2D eigenvalue weighted by molar-refractivity contribution is 5.78. The Morgan fingerprint density at radius 1 is 1.18 bits per heavy atom. The van der Waals surface area contributed by atoms with Crippen LogP contribution in [-0.2, 0) is 11.3 Å². The molecule has 2 aliphatic heterocycles. The standard InChI is InChI=1S/C16H27N5O/c1-2-20-13-17-18-16(20)14-6-10-19(11-7-14)12-15(22)21-8-4-3-5-9-21/h13-14H,2-12H2,1H3. The molecule has 0 atom stereocenters. The van der Waals surface area contributed by atoms with E-state index in [2.05, 4.69) is 26.6 Å². The lowest BCUT2D eigenvalue weighted by Gasteiger charge is -2.33. The van der Waals surface area contributed by atoms with Crippen molar-refractivity contribution in [1.82, 2.24) is 24.6 Å². The first-order valence-corrected chi connectivity index (χ1v) is 8.65. The Morgan fingerprint density at radius 2 is 1.91 bits per heavy atom. The van der Waals surface area contributed by atoms with E-state index in [9.17, 15) is 4.79 Å². The van der Waals surface area contributed by atoms with Crippen molar-refractivity contribution in [3.8, 4) is 0 Å². The summed E-state index contributed by atoms with van der Waals surface area (Å²) in [5.74, 6) is 1.92. The molecule has 2 saturated heterocycles. The molecule has 0 radical (unpaired) electrons. The second-order valence-electron chi connectivity index (χ2n) is 6.47. The third-order valence-electron chi connectivity index (χ3n) is 5.01. The predicted octanol–water partition coefficient (Wildman–Crippen LogP) is 1.49. The van der Waals surface area contributed by atoms with E-state index in [1.165, 1.54) is 19.3 Å². The molecular formula is C16H27N5O. The first-order valence-electron chi connectivity index (χ1n) is 8.65. The molecule has 1 aromatic rings. The van der Waals surface area contributed by atoms with Crippen LogP contribution in [-0.4, -0.2) is 63.2 Å². The Labute approximate surface area is 132 Å². The van der Waals surface area contributed by atoms with Crippen molar-refractivity contribution < 1.29 is 4.79 Å². The fourth-order valence-electron chi connectivity index (χ4n) is 3.61. The highest BCUT2D eigenvalue weighted by atomic mass is 16.2. The fourth-order valence-corrected chi connectivity index (χ4v) is 3.61. The average molecular weight is 305 g/mol. The lowest BCUT2D eigenvalue weighted by molar-refractivity contribution is -0.133. The van der Waals surface area contributed by atoms with Gasteiger partial charge in [-0.2, -0.15) is 0 Å². The van der Waals surface area contributed by atoms with Crippen molar-refractivity contribution in [1.29, 1.82) is 0 Å². The molecule has 0 unspecified atom stereocenters. The van der Waals surface area contributed by atoms with Crippen LogP contribution in [0.15, 0.2) is 6.33 Å². The minimum Gasteiger partial charge on any atom is -0.342 e. The molecule has 0 bridgehead atoms. The molecule has 1 amide bonds. The quantitative estimate of drug-likeness (QED) is 0.846. The summed E-state index contributed by atoms with van der Waals surface area (Å²) < 4.78 is 2.14. The Balaban J connectivity index is 1.48. The van der Waals surface area contributed by atoms with Gasteiger partial charge in [0.05, 0.1) is 6.54 Å². The molecule has 0 N–H and O–H groups in total. The molecule has 0 saturated carbocycles. The molecule has 3 rings (SSSR count). The van der Waals surface area contributed by atoms with Crippen LogP contribution in [0.25, 0.3) is 0 Å². The Bertz CT molecular complexity index is 486. The van der Waals surface area contributed by atoms with Gasteiger partial charge < -0.3 is 9.47 Å². The van der Waals surface area contributed by atoms with Crippen LogP contribution in [0.2, 0.25) is 0 Å². The van der Waals surface area contributed by atoms with E-state index in [1.54, 1.807) is 0 Å². The summed E-state index contributed by atoms with van der Waals surface area (Å²) in [5, 5.41) is 8.32. The number of rotatable bonds is 4. The molecular weight excluding hydrogens is 278 g/mol. The van der Waals surface area contributed by atoms with Gasteiger partial charge in [0.15, 0.2) is 0 Å². The van der Waals surface area contributed by atoms with Crippen molar-refractivity contribution in [3.63, 3.8) is 0 Å². The number of hydrogen-bond donors (Lipinski definition) is 0. The minimum atomic E-state index is 0.315. The maximum absolute atomic E-state index is 12.3. The number of piperidine rings is 2. The van der Waals surface area contributed by atoms with E-state index in [0.717, 1.165) is 51.4 Å². The number of hydrogen-bond acceptors (Lipinski definition) is 4. The van der Waals surface area contributed by atoms with Crippen LogP contribution >= 0.6 is 0 Å². The van der Waals surface area contributed by atoms with E-state index < -0.39 is 0 Å². The maximum Gasteiger partial charge on any atom is 0.236 e. The number of aromatic nitrogens is 3. The van der Waals surface area contributed by atoms with Gasteiger partial charge in [0.25, 0.3) is 0 Å². The van der Waals surface area contributed by atoms with E-state index in [0.29, 0.717) is 18.4 Å². The Hall–Kier alpha value is -1.43. The molecule has 0 aromatic carbocycles. The zero-order valence-electron chi connectivity index (χ0n) is 13.6. The highest BCUT2D eigenvalue weighted by Crippen LogP contribution is 2.26. The average Bonchev–Trinajstić information content (AvgIpc) is 3.05. The SMILES string of the molecule is CCn1cnnc1C1CCN(CC(=O)N2CCCCC2)CC1. The van der Waals surface area contributed by atoms with Gasteiger partial charge in [-0.1, -0.05) is 0 Å². The van der Waals surface area contributed by atoms with Gasteiger partial charge in [0, 0.05) is 25.6 Å². The third-order valence-corrected chi connectivity index (χ3v) is 5.01. The van der Waals surface area contributed by atoms with E-state index in [4.69, 9.17) is 0 Å². The molecule has 122 valence electrons. The molecule has 6 heteroatoms. The van der Waals surface area contributed by atoms with Crippen molar-refractivity contribution in [2.45, 2.75) is 51.5 Å². The predicted molar refractivity (Wildman–Crippen MR) is 84.5 cm³/mol. The fraction of sp³-hybridized carbons (Fsp3) is 0.812. The summed E-state index contributed by atoms with van der Waals surface area (Å²) in [5.41, 5.74) is 0. The van der Waals surface area contributed by atoms with Crippen molar-refractivity contribution in [2.75, 3.05) is 32.7 Å². The molecule has 3 heterocycles. The van der Waals surface area contributed by atoms with E-state index >= 15 is 0 Å². The minimum absolute atomic E-state index is 0.315. The first-order chi connectivity index (χ1) is 10.8. The van der Waals surface area contributed by atoms with Crippen molar-refractivity contribution in [3.05, 3.63) is 12.2 Å². The van der Waals surface area contributed by atoms with E-state index in [-0.39, 0.29) is 0 Å². The summed E-state index contributed by atoms with van der Waals surface area (Å²) >= 11 is 0. The number of carbonyl (C=O) groups is 1. The first kappa shape index (κ1) is 15.5. The molecule has 0 spiro atoms. The van der Waals surface area contributed by atoms with Gasteiger partial charge in [-0.3, -0.25) is 9.69 Å². The van der Waals surface area contributed by atoms with Crippen LogP contribution in [0.4, 0.5) is 0 Å². The lowest BCUT2D eigenvalue weighted by Crippen LogP contribution is -2.45. The largest absolute Gasteiger partial charge is 0.342 e. The summed E-state index contributed by atoms with van der Waals surface area (Å²) in [7, 11) is 0. The number of amides is 1. The number of likely N-dealkylation sites (tertiary alicyclic amines) is 2. The van der Waals surface area contributed by atoms with Crippen LogP contribution in [0.1, 0.15) is 50.8 Å². The number of nitrogens with zero attached hydrogens (tertiary/aromatic N) is 5. The van der Waals surface area contributed by atoms with Crippen LogP contribution in [0, 0.1) is 0 Å². The maximum atomic E-state index is 12.3. The van der Waals surface area contributed by atoms with E-state index in [1.807, 2.05) is 11.2 Å². The molecule has 6 nitrogen and oxygen atoms in total. The normalized spacial score (nSPS) is 21.2. The topological polar surface area (TPSA) is 54.3 Å². The number of carbonyl (C=O) groups excluding carboxylic acids is 1. The van der Waals surface area contributed by atoms with Crippen molar-refractivity contribution >= 4 is 5.91 Å². The zero-order chi connectivity index (χ0) is 15.4. The lowest BCUT2D eigenvalue weighted by atomic mass is 9.96. The summed E-state index contributed by atoms with van der Waals surface area (Å²) in [6.07, 6.45) is 7.58. The summed E-state index contributed by atoms with van der Waals surface area (Å²) in [6, 6.07) is 0. The van der Waals surface area contributed by atoms with Gasteiger partial charge in [-0.25, -0.2) is 0 Å². The van der Waals surface area contributed by atoms with Gasteiger partial charge in [-0.15, -0.1) is 10.2 Å². The second-order valence-corrected chi connectivity index (χ2v) is 6.47. The van der Waals surface area contributed by atoms with Crippen LogP contribution in [0.5, 0.6) is 0 Å². The molecule has 2 aliphatic rings. The second kappa shape index (κ2) is 7.22. The molecule has 0 aliphatic carbocycles. The zero-order valence-corrected chi connectivity index (χ0v) is 13.6. The van der Waals surface area contributed by atoms with Crippen molar-refractivity contribution in [2.24, 2.45) is 0 Å². The molecule has 1 aromatic heterocycles. The Morgan fingerprint density at radius 3 is 2.59 bits per heavy atom. The third kappa shape index (κ3) is 3.48. The summed E-state index contributed by atoms with van der Waals surface area (Å²) in [6.45, 7) is 7.52. The van der Waals surface area contributed by atoms with Gasteiger partial charge in [0.1, 0.15) is 12.2 Å². The Kier molecular flexibility index (Phi) is 5.08. The van der Waals surface area contributed by atoms with Crippen LogP contribution < -0.4 is 0 Å². The van der Waals surface area contributed by atoms with Gasteiger partial charge in [0.2, 0.25) is 5.91 Å². The van der Waals surface area contributed by atoms with Gasteiger partial charge >= 0.3 is 0 Å². The van der Waals surface area contributed by atoms with Gasteiger partial charge in [-0.05, 0) is 52.1 Å². The molecule has 2 fully saturated rings.